The molecule has 2 aliphatic rings. The second-order valence-corrected chi connectivity index (χ2v) is 7.34. The molecule has 2 rings (SSSR count). The predicted octanol–water partition coefficient (Wildman–Crippen LogP) is 4.22. The summed E-state index contributed by atoms with van der Waals surface area (Å²) in [5.74, 6) is 2.31. The third-order valence-corrected chi connectivity index (χ3v) is 6.03. The Bertz CT molecular complexity index is 211. The van der Waals surface area contributed by atoms with Crippen LogP contribution in [0.1, 0.15) is 65.2 Å². The van der Waals surface area contributed by atoms with Gasteiger partial charge in [-0.2, -0.15) is 11.8 Å². The van der Waals surface area contributed by atoms with Gasteiger partial charge in [-0.05, 0) is 50.2 Å². The summed E-state index contributed by atoms with van der Waals surface area (Å²) in [6, 6.07) is 1.66. The van der Waals surface area contributed by atoms with E-state index < -0.39 is 0 Å². The number of thioether (sulfide) groups is 1. The summed E-state index contributed by atoms with van der Waals surface area (Å²) < 4.78 is 0. The monoisotopic (exact) mass is 255 g/mol. The second-order valence-electron chi connectivity index (χ2n) is 5.82. The van der Waals surface area contributed by atoms with E-state index in [-0.39, 0.29) is 0 Å². The lowest BCUT2D eigenvalue weighted by molar-refractivity contribution is 0.270. The molecule has 2 heteroatoms. The van der Waals surface area contributed by atoms with Crippen LogP contribution in [0, 0.1) is 5.92 Å². The van der Waals surface area contributed by atoms with Crippen molar-refractivity contribution in [2.24, 2.45) is 5.92 Å². The van der Waals surface area contributed by atoms with Gasteiger partial charge >= 0.3 is 0 Å². The molecule has 0 radical (unpaired) electrons. The minimum atomic E-state index is 0.822. The second kappa shape index (κ2) is 7.04. The van der Waals surface area contributed by atoms with Gasteiger partial charge in [-0.3, -0.25) is 0 Å². The van der Waals surface area contributed by atoms with E-state index in [0.717, 1.165) is 23.3 Å². The van der Waals surface area contributed by atoms with Gasteiger partial charge in [0.1, 0.15) is 0 Å². The third-order valence-electron chi connectivity index (χ3n) is 4.71. The topological polar surface area (TPSA) is 12.0 Å². The normalized spacial score (nSPS) is 38.5. The van der Waals surface area contributed by atoms with Gasteiger partial charge in [0.25, 0.3) is 0 Å². The first-order chi connectivity index (χ1) is 8.33. The van der Waals surface area contributed by atoms with Gasteiger partial charge in [0, 0.05) is 17.3 Å². The van der Waals surface area contributed by atoms with Crippen molar-refractivity contribution in [3.63, 3.8) is 0 Å². The molecule has 100 valence electrons. The van der Waals surface area contributed by atoms with Crippen LogP contribution in [0.5, 0.6) is 0 Å². The fourth-order valence-electron chi connectivity index (χ4n) is 3.57. The van der Waals surface area contributed by atoms with E-state index in [1.807, 2.05) is 0 Å². The van der Waals surface area contributed by atoms with Crippen LogP contribution in [0.3, 0.4) is 0 Å². The van der Waals surface area contributed by atoms with Crippen LogP contribution in [0.15, 0.2) is 0 Å². The molecule has 0 aromatic heterocycles. The molecule has 2 aliphatic carbocycles. The Hall–Kier alpha value is 0.310. The minimum absolute atomic E-state index is 0.822. The van der Waals surface area contributed by atoms with E-state index in [0.29, 0.717) is 0 Å². The highest BCUT2D eigenvalue weighted by Gasteiger charge is 2.30. The first kappa shape index (κ1) is 13.7. The summed E-state index contributed by atoms with van der Waals surface area (Å²) in [6.45, 7) is 4.65. The van der Waals surface area contributed by atoms with E-state index >= 15 is 0 Å². The van der Waals surface area contributed by atoms with Gasteiger partial charge in [0.05, 0.1) is 0 Å². The Kier molecular flexibility index (Phi) is 5.68. The Morgan fingerprint density at radius 1 is 1.00 bits per heavy atom. The number of nitrogens with one attached hydrogen (secondary N) is 1. The maximum Gasteiger partial charge on any atom is 0.0201 e. The summed E-state index contributed by atoms with van der Waals surface area (Å²) in [6.07, 6.45) is 11.5. The van der Waals surface area contributed by atoms with Crippen molar-refractivity contribution in [1.82, 2.24) is 5.32 Å². The van der Waals surface area contributed by atoms with Gasteiger partial charge < -0.3 is 5.32 Å². The molecule has 1 nitrogen and oxygen atoms in total. The quantitative estimate of drug-likeness (QED) is 0.789. The van der Waals surface area contributed by atoms with Crippen LogP contribution in [0.4, 0.5) is 0 Å². The number of rotatable bonds is 5. The number of hydrogen-bond acceptors (Lipinski definition) is 2. The number of hydrogen-bond donors (Lipinski definition) is 1. The summed E-state index contributed by atoms with van der Waals surface area (Å²) >= 11 is 2.18. The molecule has 2 saturated carbocycles. The van der Waals surface area contributed by atoms with Gasteiger partial charge in [-0.1, -0.05) is 26.7 Å². The van der Waals surface area contributed by atoms with Crippen LogP contribution in [0.2, 0.25) is 0 Å². The van der Waals surface area contributed by atoms with Crippen LogP contribution in [0.25, 0.3) is 0 Å². The summed E-state index contributed by atoms with van der Waals surface area (Å²) in [7, 11) is 0. The van der Waals surface area contributed by atoms with E-state index in [2.05, 4.69) is 30.9 Å². The SMILES string of the molecule is CCSC1CCCC1NC1CCC(CC)CC1. The summed E-state index contributed by atoms with van der Waals surface area (Å²) in [5.41, 5.74) is 0. The lowest BCUT2D eigenvalue weighted by Gasteiger charge is -2.32. The van der Waals surface area contributed by atoms with Crippen molar-refractivity contribution in [3.8, 4) is 0 Å². The van der Waals surface area contributed by atoms with Crippen molar-refractivity contribution in [1.29, 1.82) is 0 Å². The van der Waals surface area contributed by atoms with E-state index in [1.54, 1.807) is 0 Å². The van der Waals surface area contributed by atoms with Crippen LogP contribution in [-0.2, 0) is 0 Å². The predicted molar refractivity (Wildman–Crippen MR) is 78.7 cm³/mol. The highest BCUT2D eigenvalue weighted by molar-refractivity contribution is 7.99. The zero-order chi connectivity index (χ0) is 12.1. The van der Waals surface area contributed by atoms with Crippen molar-refractivity contribution < 1.29 is 0 Å². The molecule has 0 aliphatic heterocycles. The maximum absolute atomic E-state index is 3.98. The molecule has 2 unspecified atom stereocenters. The smallest absolute Gasteiger partial charge is 0.0201 e. The van der Waals surface area contributed by atoms with Gasteiger partial charge in [-0.15, -0.1) is 0 Å². The molecule has 0 amide bonds. The largest absolute Gasteiger partial charge is 0.310 e. The fourth-order valence-corrected chi connectivity index (χ4v) is 4.78. The molecular formula is C15H29NS. The molecule has 0 saturated heterocycles. The first-order valence-electron chi connectivity index (χ1n) is 7.71. The zero-order valence-corrected chi connectivity index (χ0v) is 12.4. The maximum atomic E-state index is 3.98. The molecule has 17 heavy (non-hydrogen) atoms. The van der Waals surface area contributed by atoms with E-state index in [1.165, 1.54) is 57.1 Å². The molecule has 2 fully saturated rings. The Morgan fingerprint density at radius 3 is 2.41 bits per heavy atom. The van der Waals surface area contributed by atoms with Gasteiger partial charge in [0.2, 0.25) is 0 Å². The minimum Gasteiger partial charge on any atom is -0.310 e. The molecule has 0 bridgehead atoms. The Balaban J connectivity index is 1.73. The summed E-state index contributed by atoms with van der Waals surface area (Å²) in [5, 5.41) is 4.88. The van der Waals surface area contributed by atoms with Crippen molar-refractivity contribution in [3.05, 3.63) is 0 Å². The Labute approximate surface area is 112 Å². The zero-order valence-electron chi connectivity index (χ0n) is 11.6. The van der Waals surface area contributed by atoms with Crippen molar-refractivity contribution in [2.75, 3.05) is 5.75 Å². The molecule has 0 heterocycles. The molecular weight excluding hydrogens is 226 g/mol. The first-order valence-corrected chi connectivity index (χ1v) is 8.76. The summed E-state index contributed by atoms with van der Waals surface area (Å²) in [4.78, 5) is 0. The van der Waals surface area contributed by atoms with E-state index in [4.69, 9.17) is 0 Å². The third kappa shape index (κ3) is 3.89. The van der Waals surface area contributed by atoms with Crippen molar-refractivity contribution >= 4 is 11.8 Å². The molecule has 1 N–H and O–H groups in total. The standard InChI is InChI=1S/C15H29NS/c1-3-12-8-10-13(11-9-12)16-14-6-5-7-15(14)17-4-2/h12-16H,3-11H2,1-2H3. The highest BCUT2D eigenvalue weighted by Crippen LogP contribution is 2.32. The van der Waals surface area contributed by atoms with Crippen LogP contribution in [-0.4, -0.2) is 23.1 Å². The highest BCUT2D eigenvalue weighted by atomic mass is 32.2. The fraction of sp³-hybridized carbons (Fsp3) is 1.00. The van der Waals surface area contributed by atoms with Crippen LogP contribution < -0.4 is 5.32 Å². The molecule has 2 atom stereocenters. The average Bonchev–Trinajstić information content (AvgIpc) is 2.78. The van der Waals surface area contributed by atoms with E-state index in [9.17, 15) is 0 Å². The average molecular weight is 255 g/mol. The Morgan fingerprint density at radius 2 is 1.76 bits per heavy atom. The lowest BCUT2D eigenvalue weighted by Crippen LogP contribution is -2.43. The lowest BCUT2D eigenvalue weighted by atomic mass is 9.84. The molecule has 0 aromatic carbocycles. The van der Waals surface area contributed by atoms with Crippen LogP contribution >= 0.6 is 11.8 Å². The van der Waals surface area contributed by atoms with Gasteiger partial charge in [-0.25, -0.2) is 0 Å². The molecule has 0 aromatic rings. The molecule has 0 spiro atoms. The van der Waals surface area contributed by atoms with Gasteiger partial charge in [0.15, 0.2) is 0 Å². The van der Waals surface area contributed by atoms with Crippen molar-refractivity contribution in [2.45, 2.75) is 82.5 Å².